The van der Waals surface area contributed by atoms with Crippen LogP contribution in [0.25, 0.3) is 0 Å². The number of aromatic nitrogens is 1. The van der Waals surface area contributed by atoms with Gasteiger partial charge >= 0.3 is 0 Å². The molecule has 6 heteroatoms. The highest BCUT2D eigenvalue weighted by Crippen LogP contribution is 2.25. The third kappa shape index (κ3) is 3.20. The van der Waals surface area contributed by atoms with Crippen molar-refractivity contribution < 1.29 is 9.90 Å². The first-order chi connectivity index (χ1) is 8.56. The highest BCUT2D eigenvalue weighted by atomic mass is 127. The van der Waals surface area contributed by atoms with Gasteiger partial charge < -0.3 is 10.4 Å². The third-order valence-corrected chi connectivity index (χ3v) is 3.53. The van der Waals surface area contributed by atoms with Gasteiger partial charge in [0, 0.05) is 14.2 Å². The molecule has 0 aliphatic rings. The molecule has 0 spiro atoms. The van der Waals surface area contributed by atoms with Gasteiger partial charge in [-0.3, -0.25) is 9.78 Å². The molecule has 0 fully saturated rings. The minimum Gasteiger partial charge on any atom is -0.506 e. The highest BCUT2D eigenvalue weighted by molar-refractivity contribution is 14.1. The van der Waals surface area contributed by atoms with Crippen LogP contribution in [0.4, 0.5) is 5.69 Å². The number of hydrogen-bond acceptors (Lipinski definition) is 3. The van der Waals surface area contributed by atoms with Gasteiger partial charge in [0.25, 0.3) is 5.91 Å². The van der Waals surface area contributed by atoms with Crippen molar-refractivity contribution in [1.29, 1.82) is 0 Å². The molecule has 0 aliphatic heterocycles. The molecule has 0 radical (unpaired) electrons. The van der Waals surface area contributed by atoms with Crippen LogP contribution in [0.2, 0.25) is 0 Å². The van der Waals surface area contributed by atoms with Crippen LogP contribution in [-0.4, -0.2) is 16.0 Å². The number of aromatic hydroxyl groups is 1. The first-order valence-corrected chi connectivity index (χ1v) is 6.84. The van der Waals surface area contributed by atoms with Gasteiger partial charge in [-0.25, -0.2) is 0 Å². The lowest BCUT2D eigenvalue weighted by Gasteiger charge is -2.07. The molecule has 0 aliphatic carbocycles. The molecule has 0 bridgehead atoms. The van der Waals surface area contributed by atoms with Crippen molar-refractivity contribution in [3.63, 3.8) is 0 Å². The predicted octanol–water partition coefficient (Wildman–Crippen LogP) is 3.41. The number of carbonyl (C=O) groups excluding carboxylic acids is 1. The topological polar surface area (TPSA) is 62.2 Å². The molecule has 2 aromatic rings. The van der Waals surface area contributed by atoms with E-state index in [4.69, 9.17) is 0 Å². The lowest BCUT2D eigenvalue weighted by Crippen LogP contribution is -2.12. The second-order valence-electron chi connectivity index (χ2n) is 3.51. The first kappa shape index (κ1) is 13.3. The maximum atomic E-state index is 11.9. The standard InChI is InChI=1S/C12H8BrIN2O2/c13-10-2-1-8(14)4-11(10)16-12(18)7-3-9(17)6-15-5-7/h1-6,17H,(H,16,18). The fraction of sp³-hybridized carbons (Fsp3) is 0. The van der Waals surface area contributed by atoms with E-state index in [-0.39, 0.29) is 11.7 Å². The van der Waals surface area contributed by atoms with Crippen LogP contribution in [0.15, 0.2) is 41.1 Å². The molecular weight excluding hydrogens is 411 g/mol. The summed E-state index contributed by atoms with van der Waals surface area (Å²) in [5, 5.41) is 12.0. The number of halogens is 2. The number of anilines is 1. The van der Waals surface area contributed by atoms with Crippen molar-refractivity contribution in [3.8, 4) is 5.75 Å². The predicted molar refractivity (Wildman–Crippen MR) is 80.7 cm³/mol. The minimum atomic E-state index is -0.318. The monoisotopic (exact) mass is 418 g/mol. The Morgan fingerprint density at radius 3 is 2.83 bits per heavy atom. The Labute approximate surface area is 126 Å². The van der Waals surface area contributed by atoms with Crippen LogP contribution in [0, 0.1) is 3.57 Å². The van der Waals surface area contributed by atoms with Gasteiger partial charge in [0.05, 0.1) is 17.4 Å². The Morgan fingerprint density at radius 1 is 1.33 bits per heavy atom. The van der Waals surface area contributed by atoms with Crippen LogP contribution in [0.5, 0.6) is 5.75 Å². The van der Waals surface area contributed by atoms with Crippen molar-refractivity contribution >= 4 is 50.1 Å². The zero-order valence-electron chi connectivity index (χ0n) is 9.02. The highest BCUT2D eigenvalue weighted by Gasteiger charge is 2.09. The average molecular weight is 419 g/mol. The fourth-order valence-electron chi connectivity index (χ4n) is 1.34. The molecule has 1 heterocycles. The number of nitrogens with one attached hydrogen (secondary N) is 1. The lowest BCUT2D eigenvalue weighted by molar-refractivity contribution is 0.102. The molecule has 0 saturated carbocycles. The van der Waals surface area contributed by atoms with E-state index in [9.17, 15) is 9.90 Å². The molecule has 4 nitrogen and oxygen atoms in total. The number of nitrogens with zero attached hydrogens (tertiary/aromatic N) is 1. The number of pyridine rings is 1. The molecule has 18 heavy (non-hydrogen) atoms. The lowest BCUT2D eigenvalue weighted by atomic mass is 10.2. The Balaban J connectivity index is 2.24. The van der Waals surface area contributed by atoms with E-state index < -0.39 is 0 Å². The largest absolute Gasteiger partial charge is 0.506 e. The van der Waals surface area contributed by atoms with Crippen molar-refractivity contribution in [2.75, 3.05) is 5.32 Å². The van der Waals surface area contributed by atoms with Gasteiger partial charge in [-0.1, -0.05) is 0 Å². The summed E-state index contributed by atoms with van der Waals surface area (Å²) in [6.07, 6.45) is 2.68. The second kappa shape index (κ2) is 5.66. The number of benzene rings is 1. The Hall–Kier alpha value is -1.15. The zero-order chi connectivity index (χ0) is 13.1. The first-order valence-electron chi connectivity index (χ1n) is 4.96. The van der Waals surface area contributed by atoms with E-state index >= 15 is 0 Å². The molecule has 2 N–H and O–H groups in total. The second-order valence-corrected chi connectivity index (χ2v) is 5.61. The van der Waals surface area contributed by atoms with Crippen LogP contribution in [0.3, 0.4) is 0 Å². The summed E-state index contributed by atoms with van der Waals surface area (Å²) in [5.74, 6) is -0.356. The molecule has 0 unspecified atom stereocenters. The van der Waals surface area contributed by atoms with E-state index in [0.29, 0.717) is 11.3 Å². The number of hydrogen-bond donors (Lipinski definition) is 2. The molecular formula is C12H8BrIN2O2. The van der Waals surface area contributed by atoms with E-state index in [1.165, 1.54) is 18.5 Å². The Kier molecular flexibility index (Phi) is 4.18. The van der Waals surface area contributed by atoms with Gasteiger partial charge in [-0.15, -0.1) is 0 Å². The molecule has 92 valence electrons. The molecule has 2 rings (SSSR count). The Bertz CT molecular complexity index is 604. The van der Waals surface area contributed by atoms with Gasteiger partial charge in [0.1, 0.15) is 5.75 Å². The van der Waals surface area contributed by atoms with Crippen molar-refractivity contribution in [2.24, 2.45) is 0 Å². The normalized spacial score (nSPS) is 10.1. The number of carbonyl (C=O) groups is 1. The van der Waals surface area contributed by atoms with Gasteiger partial charge in [0.15, 0.2) is 0 Å². The molecule has 1 aromatic carbocycles. The van der Waals surface area contributed by atoms with E-state index in [1.807, 2.05) is 18.2 Å². The van der Waals surface area contributed by atoms with Crippen LogP contribution >= 0.6 is 38.5 Å². The van der Waals surface area contributed by atoms with E-state index in [2.05, 4.69) is 48.8 Å². The summed E-state index contributed by atoms with van der Waals surface area (Å²) in [4.78, 5) is 15.7. The minimum absolute atomic E-state index is 0.0376. The Morgan fingerprint density at radius 2 is 2.11 bits per heavy atom. The van der Waals surface area contributed by atoms with Crippen molar-refractivity contribution in [2.45, 2.75) is 0 Å². The van der Waals surface area contributed by atoms with Gasteiger partial charge in [-0.05, 0) is 62.8 Å². The maximum absolute atomic E-state index is 11.9. The third-order valence-electron chi connectivity index (χ3n) is 2.16. The van der Waals surface area contributed by atoms with Crippen molar-refractivity contribution in [3.05, 3.63) is 50.3 Å². The van der Waals surface area contributed by atoms with Gasteiger partial charge in [-0.2, -0.15) is 0 Å². The summed E-state index contributed by atoms with van der Waals surface area (Å²) >= 11 is 5.53. The maximum Gasteiger partial charge on any atom is 0.257 e. The smallest absolute Gasteiger partial charge is 0.257 e. The summed E-state index contributed by atoms with van der Waals surface area (Å²) in [6.45, 7) is 0. The van der Waals surface area contributed by atoms with Crippen LogP contribution in [-0.2, 0) is 0 Å². The summed E-state index contributed by atoms with van der Waals surface area (Å²) in [7, 11) is 0. The molecule has 1 aromatic heterocycles. The summed E-state index contributed by atoms with van der Waals surface area (Å²) in [5.41, 5.74) is 0.982. The van der Waals surface area contributed by atoms with E-state index in [1.54, 1.807) is 0 Å². The zero-order valence-corrected chi connectivity index (χ0v) is 12.8. The van der Waals surface area contributed by atoms with Crippen molar-refractivity contribution in [1.82, 2.24) is 4.98 Å². The molecule has 0 saturated heterocycles. The van der Waals surface area contributed by atoms with Crippen LogP contribution in [0.1, 0.15) is 10.4 Å². The molecule has 0 atom stereocenters. The molecule has 1 amide bonds. The average Bonchev–Trinajstić information content (AvgIpc) is 2.34. The number of rotatable bonds is 2. The quantitative estimate of drug-likeness (QED) is 0.734. The fourth-order valence-corrected chi connectivity index (χ4v) is 2.18. The van der Waals surface area contributed by atoms with Crippen LogP contribution < -0.4 is 5.32 Å². The summed E-state index contributed by atoms with van der Waals surface area (Å²) in [6, 6.07) is 7.00. The van der Waals surface area contributed by atoms with E-state index in [0.717, 1.165) is 8.04 Å². The number of amides is 1. The summed E-state index contributed by atoms with van der Waals surface area (Å²) < 4.78 is 1.81. The van der Waals surface area contributed by atoms with Gasteiger partial charge in [0.2, 0.25) is 0 Å². The SMILES string of the molecule is O=C(Nc1cc(I)ccc1Br)c1cncc(O)c1.